The minimum atomic E-state index is -0.0998. The summed E-state index contributed by atoms with van der Waals surface area (Å²) in [7, 11) is 0. The standard InChI is InChI=1S/C15H17N3OS2/c1-9-7-13(21-12(9)5-4-6-16)14(19)18-11(3)15-17-10(2)8-20-15/h7-8,11H,6,16H2,1-3H3,(H,18,19). The number of hydrogen-bond donors (Lipinski definition) is 2. The highest BCUT2D eigenvalue weighted by atomic mass is 32.1. The minimum Gasteiger partial charge on any atom is -0.342 e. The molecule has 0 aliphatic rings. The van der Waals surface area contributed by atoms with Crippen LogP contribution in [0.15, 0.2) is 11.4 Å². The number of thiazole rings is 1. The van der Waals surface area contributed by atoms with Crippen molar-refractivity contribution in [1.29, 1.82) is 0 Å². The van der Waals surface area contributed by atoms with Crippen LogP contribution in [0.2, 0.25) is 0 Å². The van der Waals surface area contributed by atoms with Crippen molar-refractivity contribution in [3.05, 3.63) is 37.5 Å². The van der Waals surface area contributed by atoms with E-state index < -0.39 is 0 Å². The lowest BCUT2D eigenvalue weighted by atomic mass is 10.2. The molecule has 1 unspecified atom stereocenters. The lowest BCUT2D eigenvalue weighted by molar-refractivity contribution is 0.0944. The van der Waals surface area contributed by atoms with Gasteiger partial charge in [-0.2, -0.15) is 0 Å². The fraction of sp³-hybridized carbons (Fsp3) is 0.333. The molecule has 21 heavy (non-hydrogen) atoms. The van der Waals surface area contributed by atoms with E-state index in [0.717, 1.165) is 21.1 Å². The Balaban J connectivity index is 2.10. The molecule has 4 nitrogen and oxygen atoms in total. The number of rotatable bonds is 3. The number of aryl methyl sites for hydroxylation is 2. The first-order valence-corrected chi connectivity index (χ1v) is 8.23. The number of nitrogens with two attached hydrogens (primary N) is 1. The molecule has 0 aliphatic carbocycles. The summed E-state index contributed by atoms with van der Waals surface area (Å²) in [6.45, 7) is 6.14. The molecule has 1 amide bonds. The molecule has 0 radical (unpaired) electrons. The highest BCUT2D eigenvalue weighted by Gasteiger charge is 2.16. The monoisotopic (exact) mass is 319 g/mol. The van der Waals surface area contributed by atoms with Crippen molar-refractivity contribution in [2.75, 3.05) is 6.54 Å². The smallest absolute Gasteiger partial charge is 0.261 e. The van der Waals surface area contributed by atoms with Crippen molar-refractivity contribution in [2.24, 2.45) is 5.73 Å². The van der Waals surface area contributed by atoms with E-state index >= 15 is 0 Å². The molecule has 6 heteroatoms. The van der Waals surface area contributed by atoms with E-state index in [-0.39, 0.29) is 11.9 Å². The van der Waals surface area contributed by atoms with Gasteiger partial charge in [-0.05, 0) is 32.4 Å². The molecule has 0 saturated heterocycles. The van der Waals surface area contributed by atoms with Crippen molar-refractivity contribution < 1.29 is 4.79 Å². The Kier molecular flexibility index (Phi) is 5.12. The second-order valence-electron chi connectivity index (χ2n) is 4.65. The topological polar surface area (TPSA) is 68.0 Å². The molecular formula is C15H17N3OS2. The molecule has 1 atom stereocenters. The zero-order valence-corrected chi connectivity index (χ0v) is 13.8. The predicted molar refractivity (Wildman–Crippen MR) is 87.7 cm³/mol. The Morgan fingerprint density at radius 2 is 2.29 bits per heavy atom. The van der Waals surface area contributed by atoms with E-state index in [2.05, 4.69) is 22.1 Å². The van der Waals surface area contributed by atoms with Crippen LogP contribution >= 0.6 is 22.7 Å². The van der Waals surface area contributed by atoms with Crippen LogP contribution in [0.25, 0.3) is 0 Å². The first-order valence-electron chi connectivity index (χ1n) is 6.53. The maximum absolute atomic E-state index is 12.3. The first kappa shape index (κ1) is 15.7. The van der Waals surface area contributed by atoms with E-state index in [1.807, 2.05) is 32.2 Å². The van der Waals surface area contributed by atoms with Crippen molar-refractivity contribution in [1.82, 2.24) is 10.3 Å². The van der Waals surface area contributed by atoms with Crippen molar-refractivity contribution in [3.63, 3.8) is 0 Å². The fourth-order valence-electron chi connectivity index (χ4n) is 1.75. The van der Waals surface area contributed by atoms with Gasteiger partial charge in [-0.15, -0.1) is 22.7 Å². The second kappa shape index (κ2) is 6.85. The lowest BCUT2D eigenvalue weighted by Gasteiger charge is -2.09. The molecule has 0 spiro atoms. The average molecular weight is 319 g/mol. The summed E-state index contributed by atoms with van der Waals surface area (Å²) in [5, 5.41) is 5.86. The van der Waals surface area contributed by atoms with E-state index in [9.17, 15) is 4.79 Å². The van der Waals surface area contributed by atoms with Crippen LogP contribution in [0, 0.1) is 25.7 Å². The van der Waals surface area contributed by atoms with Gasteiger partial charge in [0.25, 0.3) is 5.91 Å². The van der Waals surface area contributed by atoms with Crippen molar-refractivity contribution in [2.45, 2.75) is 26.8 Å². The van der Waals surface area contributed by atoms with Crippen LogP contribution in [0.5, 0.6) is 0 Å². The van der Waals surface area contributed by atoms with Gasteiger partial charge in [0.1, 0.15) is 5.01 Å². The molecule has 2 aromatic rings. The molecule has 2 aromatic heterocycles. The van der Waals surface area contributed by atoms with Gasteiger partial charge in [0.15, 0.2) is 0 Å². The largest absolute Gasteiger partial charge is 0.342 e. The summed E-state index contributed by atoms with van der Waals surface area (Å²) in [6.07, 6.45) is 0. The van der Waals surface area contributed by atoms with E-state index in [4.69, 9.17) is 5.73 Å². The number of aromatic nitrogens is 1. The van der Waals surface area contributed by atoms with Crippen molar-refractivity contribution in [3.8, 4) is 11.8 Å². The number of carbonyl (C=O) groups excluding carboxylic acids is 1. The Labute approximate surface area is 132 Å². The molecule has 3 N–H and O–H groups in total. The molecule has 2 heterocycles. The Hall–Kier alpha value is -1.68. The number of nitrogens with zero attached hydrogens (tertiary/aromatic N) is 1. The zero-order chi connectivity index (χ0) is 15.4. The van der Waals surface area contributed by atoms with Crippen LogP contribution in [-0.2, 0) is 0 Å². The maximum Gasteiger partial charge on any atom is 0.261 e. The van der Waals surface area contributed by atoms with Gasteiger partial charge in [-0.25, -0.2) is 4.98 Å². The zero-order valence-electron chi connectivity index (χ0n) is 12.2. The van der Waals surface area contributed by atoms with Gasteiger partial charge in [0.05, 0.1) is 22.3 Å². The van der Waals surface area contributed by atoms with Crippen LogP contribution in [0.4, 0.5) is 0 Å². The van der Waals surface area contributed by atoms with Crippen LogP contribution < -0.4 is 11.1 Å². The molecule has 0 aromatic carbocycles. The Bertz CT molecular complexity index is 706. The van der Waals surface area contributed by atoms with Crippen molar-refractivity contribution >= 4 is 28.6 Å². The highest BCUT2D eigenvalue weighted by molar-refractivity contribution is 7.14. The summed E-state index contributed by atoms with van der Waals surface area (Å²) in [5.41, 5.74) is 7.35. The summed E-state index contributed by atoms with van der Waals surface area (Å²) < 4.78 is 0. The molecule has 0 bridgehead atoms. The molecular weight excluding hydrogens is 302 g/mol. The van der Waals surface area contributed by atoms with Crippen LogP contribution in [0.3, 0.4) is 0 Å². The van der Waals surface area contributed by atoms with Gasteiger partial charge < -0.3 is 11.1 Å². The summed E-state index contributed by atoms with van der Waals surface area (Å²) >= 11 is 2.95. The van der Waals surface area contributed by atoms with Gasteiger partial charge in [0, 0.05) is 11.1 Å². The summed E-state index contributed by atoms with van der Waals surface area (Å²) in [6, 6.07) is 1.76. The van der Waals surface area contributed by atoms with Gasteiger partial charge in [0.2, 0.25) is 0 Å². The Morgan fingerprint density at radius 1 is 1.52 bits per heavy atom. The van der Waals surface area contributed by atoms with Gasteiger partial charge >= 0.3 is 0 Å². The van der Waals surface area contributed by atoms with Crippen LogP contribution in [-0.4, -0.2) is 17.4 Å². The molecule has 2 rings (SSSR count). The summed E-state index contributed by atoms with van der Waals surface area (Å²) in [5.74, 6) is 5.71. The number of thiophene rings is 1. The number of amides is 1. The quantitative estimate of drug-likeness (QED) is 0.855. The van der Waals surface area contributed by atoms with E-state index in [1.165, 1.54) is 11.3 Å². The number of hydrogen-bond acceptors (Lipinski definition) is 5. The minimum absolute atomic E-state index is 0.0933. The third-order valence-corrected chi connectivity index (χ3v) is 5.10. The SMILES string of the molecule is Cc1csc(C(C)NC(=O)c2cc(C)c(C#CCN)s2)n1. The maximum atomic E-state index is 12.3. The van der Waals surface area contributed by atoms with Crippen LogP contribution in [0.1, 0.15) is 43.8 Å². The van der Waals surface area contributed by atoms with E-state index in [1.54, 1.807) is 11.3 Å². The van der Waals surface area contributed by atoms with Gasteiger partial charge in [-0.1, -0.05) is 11.8 Å². The van der Waals surface area contributed by atoms with Gasteiger partial charge in [-0.3, -0.25) is 4.79 Å². The van der Waals surface area contributed by atoms with E-state index in [0.29, 0.717) is 11.4 Å². The fourth-order valence-corrected chi connectivity index (χ4v) is 3.50. The normalized spacial score (nSPS) is 11.6. The summed E-state index contributed by atoms with van der Waals surface area (Å²) in [4.78, 5) is 18.2. The average Bonchev–Trinajstić information content (AvgIpc) is 3.03. The second-order valence-corrected chi connectivity index (χ2v) is 6.59. The number of nitrogens with one attached hydrogen (secondary N) is 1. The lowest BCUT2D eigenvalue weighted by Crippen LogP contribution is -2.25. The first-order chi connectivity index (χ1) is 10.0. The predicted octanol–water partition coefficient (Wildman–Crippen LogP) is 2.62. The molecule has 0 fully saturated rings. The third-order valence-electron chi connectivity index (χ3n) is 2.80. The molecule has 0 saturated carbocycles. The third kappa shape index (κ3) is 3.91. The highest BCUT2D eigenvalue weighted by Crippen LogP contribution is 2.23. The molecule has 110 valence electrons. The number of carbonyl (C=O) groups is 1. The molecule has 0 aliphatic heterocycles. The Morgan fingerprint density at radius 3 is 2.90 bits per heavy atom.